The van der Waals surface area contributed by atoms with E-state index in [1.165, 1.54) is 7.11 Å². The van der Waals surface area contributed by atoms with Crippen LogP contribution in [0.3, 0.4) is 0 Å². The number of amides is 1. The summed E-state index contributed by atoms with van der Waals surface area (Å²) >= 11 is 0. The second kappa shape index (κ2) is 7.87. The first kappa shape index (κ1) is 23.2. The van der Waals surface area contributed by atoms with Crippen molar-refractivity contribution in [1.82, 2.24) is 5.32 Å². The highest BCUT2D eigenvalue weighted by Crippen LogP contribution is 2.38. The fraction of sp³-hybridized carbons (Fsp3) is 0.545. The summed E-state index contributed by atoms with van der Waals surface area (Å²) in [7, 11) is 0.569. The summed E-state index contributed by atoms with van der Waals surface area (Å²) in [6.45, 7) is 13.2. The lowest BCUT2D eigenvalue weighted by Crippen LogP contribution is -2.41. The molecular formula is C22H30BNO7. The number of furan rings is 1. The molecule has 0 radical (unpaired) electrons. The molecular weight excluding hydrogens is 401 g/mol. The van der Waals surface area contributed by atoms with E-state index < -0.39 is 36.0 Å². The average Bonchev–Trinajstić information content (AvgIpc) is 3.11. The van der Waals surface area contributed by atoms with E-state index in [1.807, 2.05) is 33.8 Å². The van der Waals surface area contributed by atoms with Crippen LogP contribution < -0.4 is 10.8 Å². The van der Waals surface area contributed by atoms with Gasteiger partial charge in [-0.15, -0.1) is 0 Å². The van der Waals surface area contributed by atoms with Crippen molar-refractivity contribution in [2.24, 2.45) is 0 Å². The zero-order valence-corrected chi connectivity index (χ0v) is 19.4. The fourth-order valence-corrected chi connectivity index (χ4v) is 3.28. The van der Waals surface area contributed by atoms with Crippen LogP contribution in [0.5, 0.6) is 0 Å². The second-order valence-electron chi connectivity index (χ2n) is 9.56. The van der Waals surface area contributed by atoms with Gasteiger partial charge in [-0.3, -0.25) is 0 Å². The molecule has 168 valence electrons. The molecule has 1 amide bonds. The molecule has 0 atom stereocenters. The Kier molecular flexibility index (Phi) is 5.88. The molecule has 0 aliphatic carbocycles. The van der Waals surface area contributed by atoms with Crippen LogP contribution in [0.2, 0.25) is 0 Å². The van der Waals surface area contributed by atoms with Crippen LogP contribution in [0, 0.1) is 0 Å². The number of fused-ring (bicyclic) bond motifs is 1. The van der Waals surface area contributed by atoms with Crippen molar-refractivity contribution >= 4 is 35.6 Å². The summed E-state index contributed by atoms with van der Waals surface area (Å²) in [5, 5.41) is 3.36. The lowest BCUT2D eigenvalue weighted by Gasteiger charge is -2.32. The monoisotopic (exact) mass is 431 g/mol. The molecule has 0 bridgehead atoms. The third kappa shape index (κ3) is 4.57. The summed E-state index contributed by atoms with van der Waals surface area (Å²) in [5.41, 5.74) is -0.532. The van der Waals surface area contributed by atoms with Gasteiger partial charge >= 0.3 is 19.2 Å². The Hall–Kier alpha value is -2.52. The molecule has 8 nitrogen and oxygen atoms in total. The highest BCUT2D eigenvalue weighted by atomic mass is 16.7. The van der Waals surface area contributed by atoms with Crippen molar-refractivity contribution in [3.63, 3.8) is 0 Å². The van der Waals surface area contributed by atoms with E-state index >= 15 is 0 Å². The number of para-hydroxylation sites is 1. The Morgan fingerprint density at radius 1 is 1.10 bits per heavy atom. The summed E-state index contributed by atoms with van der Waals surface area (Å²) in [6.07, 6.45) is -0.582. The first-order valence-corrected chi connectivity index (χ1v) is 10.2. The SMILES string of the molecule is COC(=O)c1cccc2c(B3OC(C)(C)C(C)(C)O3)c(CNC(=O)OC(C)(C)C)oc12. The highest BCUT2D eigenvalue weighted by Gasteiger charge is 2.53. The summed E-state index contributed by atoms with van der Waals surface area (Å²) in [6, 6.07) is 5.18. The maximum atomic E-state index is 12.3. The number of hydrogen-bond donors (Lipinski definition) is 1. The molecule has 1 aliphatic heterocycles. The van der Waals surface area contributed by atoms with Crippen LogP contribution in [0.15, 0.2) is 22.6 Å². The quantitative estimate of drug-likeness (QED) is 0.584. The molecule has 0 spiro atoms. The molecule has 0 saturated carbocycles. The second-order valence-corrected chi connectivity index (χ2v) is 9.56. The molecule has 3 rings (SSSR count). The van der Waals surface area contributed by atoms with Crippen LogP contribution in [-0.4, -0.2) is 43.1 Å². The largest absolute Gasteiger partial charge is 0.499 e. The van der Waals surface area contributed by atoms with Crippen molar-refractivity contribution in [3.8, 4) is 0 Å². The van der Waals surface area contributed by atoms with Crippen LogP contribution in [-0.2, 0) is 25.3 Å². The van der Waals surface area contributed by atoms with Gasteiger partial charge in [-0.05, 0) is 54.5 Å². The first-order chi connectivity index (χ1) is 14.3. The zero-order valence-electron chi connectivity index (χ0n) is 19.4. The van der Waals surface area contributed by atoms with Crippen LogP contribution in [0.25, 0.3) is 11.0 Å². The van der Waals surface area contributed by atoms with E-state index in [-0.39, 0.29) is 12.1 Å². The maximum absolute atomic E-state index is 12.3. The summed E-state index contributed by atoms with van der Waals surface area (Å²) < 4.78 is 28.7. The molecule has 2 heterocycles. The van der Waals surface area contributed by atoms with Gasteiger partial charge in [-0.25, -0.2) is 9.59 Å². The van der Waals surface area contributed by atoms with Crippen molar-refractivity contribution in [3.05, 3.63) is 29.5 Å². The van der Waals surface area contributed by atoms with Crippen LogP contribution in [0.1, 0.15) is 64.6 Å². The predicted octanol–water partition coefficient (Wildman–Crippen LogP) is 3.54. The first-order valence-electron chi connectivity index (χ1n) is 10.2. The topological polar surface area (TPSA) is 96.2 Å². The van der Waals surface area contributed by atoms with Gasteiger partial charge in [0.25, 0.3) is 0 Å². The minimum atomic E-state index is -0.741. The maximum Gasteiger partial charge on any atom is 0.499 e. The molecule has 31 heavy (non-hydrogen) atoms. The van der Waals surface area contributed by atoms with Crippen molar-refractivity contribution in [2.45, 2.75) is 71.8 Å². The van der Waals surface area contributed by atoms with Gasteiger partial charge in [-0.2, -0.15) is 0 Å². The van der Waals surface area contributed by atoms with Gasteiger partial charge < -0.3 is 28.5 Å². The Labute approximate surface area is 182 Å². The third-order valence-corrected chi connectivity index (χ3v) is 5.52. The molecule has 1 aromatic carbocycles. The molecule has 1 aliphatic rings. The third-order valence-electron chi connectivity index (χ3n) is 5.52. The average molecular weight is 431 g/mol. The molecule has 1 aromatic heterocycles. The fourth-order valence-electron chi connectivity index (χ4n) is 3.28. The van der Waals surface area contributed by atoms with Gasteiger partial charge in [0.05, 0.1) is 24.9 Å². The Morgan fingerprint density at radius 2 is 1.71 bits per heavy atom. The number of ether oxygens (including phenoxy) is 2. The molecule has 2 aromatic rings. The molecule has 1 N–H and O–H groups in total. The number of nitrogens with one attached hydrogen (secondary N) is 1. The van der Waals surface area contributed by atoms with Gasteiger partial charge in [-0.1, -0.05) is 12.1 Å². The Bertz CT molecular complexity index is 987. The van der Waals surface area contributed by atoms with E-state index in [4.69, 9.17) is 23.2 Å². The summed E-state index contributed by atoms with van der Waals surface area (Å²) in [5.74, 6) is -0.109. The minimum absolute atomic E-state index is 0.0314. The number of carbonyl (C=O) groups is 2. The number of benzene rings is 1. The van der Waals surface area contributed by atoms with Crippen molar-refractivity contribution in [1.29, 1.82) is 0 Å². The Morgan fingerprint density at radius 3 is 2.26 bits per heavy atom. The van der Waals surface area contributed by atoms with Gasteiger partial charge in [0, 0.05) is 10.8 Å². The van der Waals surface area contributed by atoms with Crippen LogP contribution >= 0.6 is 0 Å². The van der Waals surface area contributed by atoms with Crippen molar-refractivity contribution < 1.29 is 32.8 Å². The molecule has 1 fully saturated rings. The number of esters is 1. The zero-order chi connectivity index (χ0) is 23.2. The smallest absolute Gasteiger partial charge is 0.465 e. The molecule has 0 unspecified atom stereocenters. The van der Waals surface area contributed by atoms with E-state index in [0.29, 0.717) is 22.2 Å². The lowest BCUT2D eigenvalue weighted by molar-refractivity contribution is 0.00578. The Balaban J connectivity index is 2.05. The molecule has 1 saturated heterocycles. The van der Waals surface area contributed by atoms with E-state index in [1.54, 1.807) is 32.9 Å². The van der Waals surface area contributed by atoms with Crippen molar-refractivity contribution in [2.75, 3.05) is 7.11 Å². The minimum Gasteiger partial charge on any atom is -0.465 e. The lowest BCUT2D eigenvalue weighted by atomic mass is 9.76. The number of alkyl carbamates (subject to hydrolysis) is 1. The van der Waals surface area contributed by atoms with E-state index in [0.717, 1.165) is 0 Å². The van der Waals surface area contributed by atoms with Gasteiger partial charge in [0.1, 0.15) is 22.5 Å². The standard InChI is InChI=1S/C22H30BNO7/c1-20(2,3)29-19(26)24-12-15-16(23-30-21(4,5)22(6,7)31-23)13-10-9-11-14(17(13)28-15)18(25)27-8/h9-11H,12H2,1-8H3,(H,24,26). The predicted molar refractivity (Wildman–Crippen MR) is 116 cm³/mol. The normalized spacial score (nSPS) is 17.6. The highest BCUT2D eigenvalue weighted by molar-refractivity contribution is 6.65. The van der Waals surface area contributed by atoms with E-state index in [9.17, 15) is 9.59 Å². The molecule has 9 heteroatoms. The van der Waals surface area contributed by atoms with Gasteiger partial charge in [0.15, 0.2) is 0 Å². The summed E-state index contributed by atoms with van der Waals surface area (Å²) in [4.78, 5) is 24.5. The number of methoxy groups -OCH3 is 1. The van der Waals surface area contributed by atoms with E-state index in [2.05, 4.69) is 5.32 Å². The van der Waals surface area contributed by atoms with Gasteiger partial charge in [0.2, 0.25) is 0 Å². The number of rotatable bonds is 4. The number of carbonyl (C=O) groups excluding carboxylic acids is 2. The van der Waals surface area contributed by atoms with Crippen LogP contribution in [0.4, 0.5) is 4.79 Å². The number of hydrogen-bond acceptors (Lipinski definition) is 7.